The third-order valence-corrected chi connectivity index (χ3v) is 4.44. The van der Waals surface area contributed by atoms with Crippen molar-refractivity contribution in [2.45, 2.75) is 38.8 Å². The topological polar surface area (TPSA) is 78.2 Å². The van der Waals surface area contributed by atoms with Gasteiger partial charge in [0.25, 0.3) is 0 Å². The van der Waals surface area contributed by atoms with Gasteiger partial charge in [0.1, 0.15) is 12.4 Å². The first-order valence-corrected chi connectivity index (χ1v) is 8.69. The minimum atomic E-state index is 0.355. The second kappa shape index (κ2) is 8.24. The van der Waals surface area contributed by atoms with Gasteiger partial charge >= 0.3 is 0 Å². The summed E-state index contributed by atoms with van der Waals surface area (Å²) in [5.74, 6) is 2.93. The van der Waals surface area contributed by atoms with Crippen molar-refractivity contribution in [1.82, 2.24) is 25.0 Å². The quantitative estimate of drug-likeness (QED) is 0.650. The van der Waals surface area contributed by atoms with Crippen LogP contribution in [0.1, 0.15) is 37.2 Å². The van der Waals surface area contributed by atoms with Crippen molar-refractivity contribution in [2.24, 2.45) is 13.0 Å². The summed E-state index contributed by atoms with van der Waals surface area (Å²) < 4.78 is 12.3. The van der Waals surface area contributed by atoms with E-state index in [4.69, 9.17) is 9.47 Å². The third-order valence-electron chi connectivity index (χ3n) is 4.44. The Morgan fingerprint density at radius 1 is 1.28 bits per heavy atom. The van der Waals surface area contributed by atoms with E-state index in [1.807, 2.05) is 13.1 Å². The van der Waals surface area contributed by atoms with Crippen LogP contribution in [0.2, 0.25) is 0 Å². The van der Waals surface area contributed by atoms with E-state index in [-0.39, 0.29) is 0 Å². The van der Waals surface area contributed by atoms with Crippen LogP contribution in [0.15, 0.2) is 12.3 Å². The van der Waals surface area contributed by atoms with Gasteiger partial charge < -0.3 is 14.4 Å². The number of methoxy groups -OCH3 is 2. The highest BCUT2D eigenvalue weighted by molar-refractivity contribution is 5.42. The second-order valence-electron chi connectivity index (χ2n) is 6.47. The van der Waals surface area contributed by atoms with Gasteiger partial charge in [-0.05, 0) is 18.8 Å². The monoisotopic (exact) mass is 346 g/mol. The van der Waals surface area contributed by atoms with E-state index in [2.05, 4.69) is 25.2 Å². The molecule has 2 heterocycles. The number of ether oxygens (including phenoxy) is 2. The summed E-state index contributed by atoms with van der Waals surface area (Å²) >= 11 is 0. The van der Waals surface area contributed by atoms with Gasteiger partial charge in [0.05, 0.1) is 25.5 Å². The molecule has 0 saturated heterocycles. The number of rotatable bonds is 10. The SMILES string of the molecule is COCc1nc(OC)cc(N(CCCC2CC2)Cc2cnnn2C)n1. The minimum absolute atomic E-state index is 0.355. The van der Waals surface area contributed by atoms with Crippen molar-refractivity contribution in [3.8, 4) is 5.88 Å². The predicted octanol–water partition coefficient (Wildman–Crippen LogP) is 1.96. The summed E-state index contributed by atoms with van der Waals surface area (Å²) in [5.41, 5.74) is 1.04. The molecule has 0 spiro atoms. The first-order chi connectivity index (χ1) is 12.2. The van der Waals surface area contributed by atoms with Crippen LogP contribution in [0.3, 0.4) is 0 Å². The summed E-state index contributed by atoms with van der Waals surface area (Å²) in [4.78, 5) is 11.2. The first kappa shape index (κ1) is 17.6. The van der Waals surface area contributed by atoms with Crippen molar-refractivity contribution >= 4 is 5.82 Å². The van der Waals surface area contributed by atoms with Crippen LogP contribution < -0.4 is 9.64 Å². The van der Waals surface area contributed by atoms with Crippen molar-refractivity contribution < 1.29 is 9.47 Å². The molecule has 0 unspecified atom stereocenters. The molecule has 1 aliphatic rings. The van der Waals surface area contributed by atoms with Gasteiger partial charge in [0.2, 0.25) is 5.88 Å². The molecule has 2 aromatic rings. The van der Waals surface area contributed by atoms with Gasteiger partial charge in [-0.3, -0.25) is 4.68 Å². The van der Waals surface area contributed by atoms with Crippen LogP contribution in [-0.4, -0.2) is 45.7 Å². The van der Waals surface area contributed by atoms with E-state index >= 15 is 0 Å². The molecule has 0 N–H and O–H groups in total. The molecule has 0 bridgehead atoms. The molecule has 0 atom stereocenters. The molecule has 2 aromatic heterocycles. The van der Waals surface area contributed by atoms with Gasteiger partial charge in [-0.15, -0.1) is 5.10 Å². The highest BCUT2D eigenvalue weighted by Crippen LogP contribution is 2.33. The highest BCUT2D eigenvalue weighted by Gasteiger charge is 2.21. The van der Waals surface area contributed by atoms with E-state index in [1.165, 1.54) is 19.3 Å². The second-order valence-corrected chi connectivity index (χ2v) is 6.47. The average Bonchev–Trinajstić information content (AvgIpc) is 3.35. The average molecular weight is 346 g/mol. The number of nitrogens with zero attached hydrogens (tertiary/aromatic N) is 6. The Bertz CT molecular complexity index is 686. The summed E-state index contributed by atoms with van der Waals surface area (Å²) in [7, 11) is 5.16. The van der Waals surface area contributed by atoms with Crippen molar-refractivity contribution in [1.29, 1.82) is 0 Å². The molecular weight excluding hydrogens is 320 g/mol. The zero-order valence-corrected chi connectivity index (χ0v) is 15.2. The Morgan fingerprint density at radius 3 is 2.76 bits per heavy atom. The van der Waals surface area contributed by atoms with Crippen molar-refractivity contribution in [2.75, 3.05) is 25.7 Å². The first-order valence-electron chi connectivity index (χ1n) is 8.69. The Hall–Kier alpha value is -2.22. The summed E-state index contributed by atoms with van der Waals surface area (Å²) in [6, 6.07) is 1.88. The van der Waals surface area contributed by atoms with Gasteiger partial charge in [0, 0.05) is 26.8 Å². The lowest BCUT2D eigenvalue weighted by molar-refractivity contribution is 0.177. The molecule has 1 fully saturated rings. The Balaban J connectivity index is 1.80. The maximum Gasteiger partial charge on any atom is 0.218 e. The van der Waals surface area contributed by atoms with E-state index in [0.29, 0.717) is 24.9 Å². The molecule has 25 heavy (non-hydrogen) atoms. The molecule has 136 valence electrons. The molecule has 3 rings (SSSR count). The van der Waals surface area contributed by atoms with Crippen LogP contribution in [0.4, 0.5) is 5.82 Å². The van der Waals surface area contributed by atoms with Gasteiger partial charge in [0.15, 0.2) is 5.82 Å². The molecule has 1 aliphatic carbocycles. The standard InChI is InChI=1S/C17H26N6O2/c1-22-14(10-18-21-22)11-23(8-4-5-13-6-7-13)16-9-17(25-3)20-15(19-16)12-24-2/h9-10,13H,4-8,11-12H2,1-3H3. The maximum atomic E-state index is 5.34. The fourth-order valence-corrected chi connectivity index (χ4v) is 2.82. The maximum absolute atomic E-state index is 5.34. The van der Waals surface area contributed by atoms with Crippen LogP contribution in [0, 0.1) is 5.92 Å². The lowest BCUT2D eigenvalue weighted by atomic mass is 10.2. The van der Waals surface area contributed by atoms with E-state index in [0.717, 1.165) is 30.4 Å². The highest BCUT2D eigenvalue weighted by atomic mass is 16.5. The molecule has 0 aromatic carbocycles. The minimum Gasteiger partial charge on any atom is -0.481 e. The molecule has 1 saturated carbocycles. The van der Waals surface area contributed by atoms with Gasteiger partial charge in [-0.25, -0.2) is 4.98 Å². The number of anilines is 1. The fourth-order valence-electron chi connectivity index (χ4n) is 2.82. The molecular formula is C17H26N6O2. The number of aryl methyl sites for hydroxylation is 1. The number of hydrogen-bond acceptors (Lipinski definition) is 7. The summed E-state index contributed by atoms with van der Waals surface area (Å²) in [5, 5.41) is 8.00. The Morgan fingerprint density at radius 2 is 2.12 bits per heavy atom. The molecule has 0 radical (unpaired) electrons. The van der Waals surface area contributed by atoms with Crippen LogP contribution in [-0.2, 0) is 24.9 Å². The lowest BCUT2D eigenvalue weighted by Crippen LogP contribution is -2.27. The van der Waals surface area contributed by atoms with Crippen molar-refractivity contribution in [3.63, 3.8) is 0 Å². The van der Waals surface area contributed by atoms with Gasteiger partial charge in [-0.1, -0.05) is 18.1 Å². The van der Waals surface area contributed by atoms with Gasteiger partial charge in [-0.2, -0.15) is 4.98 Å². The van der Waals surface area contributed by atoms with Crippen molar-refractivity contribution in [3.05, 3.63) is 23.8 Å². The zero-order chi connectivity index (χ0) is 17.6. The largest absolute Gasteiger partial charge is 0.481 e. The third kappa shape index (κ3) is 4.88. The Kier molecular flexibility index (Phi) is 5.80. The van der Waals surface area contributed by atoms with Crippen LogP contribution in [0.25, 0.3) is 0 Å². The zero-order valence-electron chi connectivity index (χ0n) is 15.2. The normalized spacial score (nSPS) is 13.9. The fraction of sp³-hybridized carbons (Fsp3) is 0.647. The van der Waals surface area contributed by atoms with E-state index in [1.54, 1.807) is 25.1 Å². The molecule has 0 aliphatic heterocycles. The number of aromatic nitrogens is 5. The predicted molar refractivity (Wildman–Crippen MR) is 93.3 cm³/mol. The molecule has 0 amide bonds. The smallest absolute Gasteiger partial charge is 0.218 e. The summed E-state index contributed by atoms with van der Waals surface area (Å²) in [6.45, 7) is 1.97. The lowest BCUT2D eigenvalue weighted by Gasteiger charge is -2.24. The van der Waals surface area contributed by atoms with E-state index in [9.17, 15) is 0 Å². The Labute approximate surface area is 148 Å². The van der Waals surface area contributed by atoms with Crippen LogP contribution >= 0.6 is 0 Å². The number of hydrogen-bond donors (Lipinski definition) is 0. The summed E-state index contributed by atoms with van der Waals surface area (Å²) in [6.07, 6.45) is 6.97. The van der Waals surface area contributed by atoms with E-state index < -0.39 is 0 Å². The molecule has 8 nitrogen and oxygen atoms in total. The van der Waals surface area contributed by atoms with Crippen LogP contribution in [0.5, 0.6) is 5.88 Å². The molecule has 8 heteroatoms.